The third-order valence-electron chi connectivity index (χ3n) is 2.54. The van der Waals surface area contributed by atoms with Gasteiger partial charge in [-0.05, 0) is 24.1 Å². The van der Waals surface area contributed by atoms with Crippen LogP contribution in [-0.2, 0) is 4.74 Å². The van der Waals surface area contributed by atoms with E-state index in [1.54, 1.807) is 18.4 Å². The highest BCUT2D eigenvalue weighted by molar-refractivity contribution is 5.07. The lowest BCUT2D eigenvalue weighted by molar-refractivity contribution is 0.140. The van der Waals surface area contributed by atoms with Crippen LogP contribution in [0.1, 0.15) is 18.3 Å². The maximum atomic E-state index is 9.73. The SMILES string of the molecule is OC(CNCC1=CCCOC1)c1ccco1. The van der Waals surface area contributed by atoms with E-state index >= 15 is 0 Å². The van der Waals surface area contributed by atoms with E-state index in [1.165, 1.54) is 5.57 Å². The van der Waals surface area contributed by atoms with Crippen molar-refractivity contribution in [2.45, 2.75) is 12.5 Å². The van der Waals surface area contributed by atoms with Crippen molar-refractivity contribution >= 4 is 0 Å². The summed E-state index contributed by atoms with van der Waals surface area (Å²) in [6.45, 7) is 2.77. The summed E-state index contributed by atoms with van der Waals surface area (Å²) in [5.41, 5.74) is 1.25. The van der Waals surface area contributed by atoms with Gasteiger partial charge in [-0.15, -0.1) is 0 Å². The van der Waals surface area contributed by atoms with Crippen LogP contribution >= 0.6 is 0 Å². The van der Waals surface area contributed by atoms with Crippen LogP contribution in [0.15, 0.2) is 34.5 Å². The number of rotatable bonds is 5. The molecule has 0 saturated heterocycles. The van der Waals surface area contributed by atoms with Crippen molar-refractivity contribution in [3.63, 3.8) is 0 Å². The third-order valence-corrected chi connectivity index (χ3v) is 2.54. The van der Waals surface area contributed by atoms with Crippen molar-refractivity contribution in [3.8, 4) is 0 Å². The number of hydrogen-bond acceptors (Lipinski definition) is 4. The molecule has 0 bridgehead atoms. The first-order chi connectivity index (χ1) is 7.86. The van der Waals surface area contributed by atoms with Crippen LogP contribution in [0.3, 0.4) is 0 Å². The van der Waals surface area contributed by atoms with Gasteiger partial charge in [0.1, 0.15) is 11.9 Å². The second kappa shape index (κ2) is 5.84. The average Bonchev–Trinajstić information content (AvgIpc) is 2.84. The molecule has 0 amide bonds. The molecule has 0 aromatic carbocycles. The average molecular weight is 223 g/mol. The molecular weight excluding hydrogens is 206 g/mol. The van der Waals surface area contributed by atoms with E-state index in [0.29, 0.717) is 18.9 Å². The molecule has 1 aromatic rings. The van der Waals surface area contributed by atoms with Gasteiger partial charge in [0.15, 0.2) is 0 Å². The summed E-state index contributed by atoms with van der Waals surface area (Å²) in [6.07, 6.45) is 4.16. The molecule has 1 aliphatic heterocycles. The second-order valence-electron chi connectivity index (χ2n) is 3.87. The maximum Gasteiger partial charge on any atom is 0.133 e. The highest BCUT2D eigenvalue weighted by Crippen LogP contribution is 2.12. The minimum atomic E-state index is -0.583. The van der Waals surface area contributed by atoms with Gasteiger partial charge in [0, 0.05) is 13.1 Å². The minimum absolute atomic E-state index is 0.491. The van der Waals surface area contributed by atoms with Crippen LogP contribution < -0.4 is 5.32 Å². The molecule has 0 fully saturated rings. The Hall–Kier alpha value is -1.10. The summed E-state index contributed by atoms with van der Waals surface area (Å²) in [7, 11) is 0. The zero-order valence-corrected chi connectivity index (χ0v) is 9.19. The summed E-state index contributed by atoms with van der Waals surface area (Å²) < 4.78 is 10.4. The van der Waals surface area contributed by atoms with Crippen molar-refractivity contribution in [2.75, 3.05) is 26.3 Å². The number of furan rings is 1. The third kappa shape index (κ3) is 3.20. The summed E-state index contributed by atoms with van der Waals surface area (Å²) in [5, 5.41) is 12.9. The van der Waals surface area contributed by atoms with E-state index in [4.69, 9.17) is 9.15 Å². The topological polar surface area (TPSA) is 54.6 Å². The zero-order chi connectivity index (χ0) is 11.2. The van der Waals surface area contributed by atoms with Crippen molar-refractivity contribution in [2.24, 2.45) is 0 Å². The fraction of sp³-hybridized carbons (Fsp3) is 0.500. The molecule has 1 aromatic heterocycles. The van der Waals surface area contributed by atoms with Gasteiger partial charge in [0.05, 0.1) is 19.5 Å². The van der Waals surface area contributed by atoms with Gasteiger partial charge in [-0.2, -0.15) is 0 Å². The standard InChI is InChI=1S/C12H17NO3/c14-11(12-4-2-6-16-12)8-13-7-10-3-1-5-15-9-10/h2-4,6,11,13-14H,1,5,7-9H2. The molecule has 0 aliphatic carbocycles. The van der Waals surface area contributed by atoms with Gasteiger partial charge in [-0.25, -0.2) is 0 Å². The van der Waals surface area contributed by atoms with Gasteiger partial charge in [0.2, 0.25) is 0 Å². The van der Waals surface area contributed by atoms with E-state index < -0.39 is 6.10 Å². The first kappa shape index (κ1) is 11.4. The minimum Gasteiger partial charge on any atom is -0.467 e. The molecule has 2 rings (SSSR count). The van der Waals surface area contributed by atoms with Crippen LogP contribution in [0.2, 0.25) is 0 Å². The summed E-state index contributed by atoms with van der Waals surface area (Å²) in [4.78, 5) is 0. The van der Waals surface area contributed by atoms with Crippen LogP contribution in [0.4, 0.5) is 0 Å². The van der Waals surface area contributed by atoms with Crippen molar-refractivity contribution in [1.29, 1.82) is 0 Å². The monoisotopic (exact) mass is 223 g/mol. The van der Waals surface area contributed by atoms with Crippen LogP contribution in [-0.4, -0.2) is 31.4 Å². The lowest BCUT2D eigenvalue weighted by atomic mass is 10.2. The van der Waals surface area contributed by atoms with Crippen LogP contribution in [0, 0.1) is 0 Å². The molecule has 1 atom stereocenters. The van der Waals surface area contributed by atoms with E-state index in [9.17, 15) is 5.11 Å². The Labute approximate surface area is 94.9 Å². The van der Waals surface area contributed by atoms with Crippen LogP contribution in [0.25, 0.3) is 0 Å². The summed E-state index contributed by atoms with van der Waals surface area (Å²) >= 11 is 0. The molecule has 16 heavy (non-hydrogen) atoms. The van der Waals surface area contributed by atoms with E-state index in [1.807, 2.05) is 0 Å². The Morgan fingerprint density at radius 3 is 3.12 bits per heavy atom. The molecule has 2 N–H and O–H groups in total. The normalized spacial score (nSPS) is 18.2. The summed E-state index contributed by atoms with van der Waals surface area (Å²) in [6, 6.07) is 3.55. The number of aliphatic hydroxyl groups excluding tert-OH is 1. The molecule has 0 spiro atoms. The number of nitrogens with one attached hydrogen (secondary N) is 1. The molecule has 4 nitrogen and oxygen atoms in total. The molecule has 4 heteroatoms. The van der Waals surface area contributed by atoms with E-state index in [-0.39, 0.29) is 0 Å². The number of aliphatic hydroxyl groups is 1. The zero-order valence-electron chi connectivity index (χ0n) is 9.19. The first-order valence-electron chi connectivity index (χ1n) is 5.54. The molecule has 0 radical (unpaired) electrons. The molecular formula is C12H17NO3. The fourth-order valence-corrected chi connectivity index (χ4v) is 1.68. The lowest BCUT2D eigenvalue weighted by Gasteiger charge is -2.15. The van der Waals surface area contributed by atoms with Crippen molar-refractivity contribution < 1.29 is 14.3 Å². The largest absolute Gasteiger partial charge is 0.467 e. The Kier molecular flexibility index (Phi) is 4.16. The molecule has 0 saturated carbocycles. The Morgan fingerprint density at radius 2 is 2.44 bits per heavy atom. The number of hydrogen-bond donors (Lipinski definition) is 2. The Balaban J connectivity index is 1.69. The fourth-order valence-electron chi connectivity index (χ4n) is 1.68. The van der Waals surface area contributed by atoms with Gasteiger partial charge in [-0.3, -0.25) is 0 Å². The Bertz CT molecular complexity index is 332. The molecule has 1 unspecified atom stereocenters. The highest BCUT2D eigenvalue weighted by Gasteiger charge is 2.10. The van der Waals surface area contributed by atoms with E-state index in [0.717, 1.165) is 19.6 Å². The molecule has 1 aliphatic rings. The Morgan fingerprint density at radius 1 is 1.50 bits per heavy atom. The quantitative estimate of drug-likeness (QED) is 0.738. The molecule has 2 heterocycles. The number of ether oxygens (including phenoxy) is 1. The summed E-state index contributed by atoms with van der Waals surface area (Å²) in [5.74, 6) is 0.598. The van der Waals surface area contributed by atoms with Gasteiger partial charge < -0.3 is 19.6 Å². The highest BCUT2D eigenvalue weighted by atomic mass is 16.5. The van der Waals surface area contributed by atoms with Gasteiger partial charge in [-0.1, -0.05) is 6.08 Å². The van der Waals surface area contributed by atoms with E-state index in [2.05, 4.69) is 11.4 Å². The smallest absolute Gasteiger partial charge is 0.133 e. The predicted molar refractivity (Wildman–Crippen MR) is 60.1 cm³/mol. The predicted octanol–water partition coefficient (Wildman–Crippen LogP) is 1.25. The van der Waals surface area contributed by atoms with Crippen molar-refractivity contribution in [1.82, 2.24) is 5.32 Å². The van der Waals surface area contributed by atoms with Gasteiger partial charge >= 0.3 is 0 Å². The lowest BCUT2D eigenvalue weighted by Crippen LogP contribution is -2.25. The molecule has 88 valence electrons. The van der Waals surface area contributed by atoms with Crippen LogP contribution in [0.5, 0.6) is 0 Å². The van der Waals surface area contributed by atoms with Crippen molar-refractivity contribution in [3.05, 3.63) is 35.8 Å². The maximum absolute atomic E-state index is 9.73. The van der Waals surface area contributed by atoms with Gasteiger partial charge in [0.25, 0.3) is 0 Å². The second-order valence-corrected chi connectivity index (χ2v) is 3.87. The first-order valence-corrected chi connectivity index (χ1v) is 5.54.